The first kappa shape index (κ1) is 51.8. The molecule has 6 rings (SSSR count). The number of hydrogen-bond donors (Lipinski definition) is 1. The highest BCUT2D eigenvalue weighted by Crippen LogP contribution is 2.38. The van der Waals surface area contributed by atoms with Crippen molar-refractivity contribution in [1.82, 2.24) is 0 Å². The number of phenols is 1. The highest BCUT2D eigenvalue weighted by atomic mass is 16.8. The second-order valence-corrected chi connectivity index (χ2v) is 15.9. The number of esters is 7. The Hall–Kier alpha value is -7.56. The Morgan fingerprint density at radius 3 is 1.60 bits per heavy atom. The van der Waals surface area contributed by atoms with Crippen LogP contribution in [0.1, 0.15) is 54.0 Å². The van der Waals surface area contributed by atoms with Gasteiger partial charge in [-0.1, -0.05) is 30.3 Å². The van der Waals surface area contributed by atoms with Gasteiger partial charge in [0.25, 0.3) is 0 Å². The third kappa shape index (κ3) is 13.6. The van der Waals surface area contributed by atoms with E-state index in [0.29, 0.717) is 17.9 Å². The number of carbonyl (C=O) groups is 7. The van der Waals surface area contributed by atoms with E-state index in [9.17, 15) is 43.5 Å². The zero-order chi connectivity index (χ0) is 50.8. The van der Waals surface area contributed by atoms with Gasteiger partial charge >= 0.3 is 41.8 Å². The Kier molecular flexibility index (Phi) is 17.1. The summed E-state index contributed by atoms with van der Waals surface area (Å²) in [7, 11) is 0. The van der Waals surface area contributed by atoms with Gasteiger partial charge in [-0.2, -0.15) is 0 Å². The van der Waals surface area contributed by atoms with E-state index in [1.165, 1.54) is 12.1 Å². The van der Waals surface area contributed by atoms with Crippen LogP contribution in [0.15, 0.2) is 82.0 Å². The summed E-state index contributed by atoms with van der Waals surface area (Å²) in [4.78, 5) is 101. The summed E-state index contributed by atoms with van der Waals surface area (Å²) in [5, 5.41) is 11.0. The van der Waals surface area contributed by atoms with Crippen LogP contribution in [0.25, 0.3) is 22.3 Å². The van der Waals surface area contributed by atoms with Crippen LogP contribution in [0.2, 0.25) is 0 Å². The predicted octanol–water partition coefficient (Wildman–Crippen LogP) is 3.74. The number of phenolic OH excluding ortho intramolecular Hbond substituents is 1. The number of ether oxygens (including phenoxy) is 12. The predicted molar refractivity (Wildman–Crippen MR) is 234 cm³/mol. The minimum atomic E-state index is -1.91. The van der Waals surface area contributed by atoms with Gasteiger partial charge in [0.1, 0.15) is 72.1 Å². The smallest absolute Gasteiger partial charge is 0.303 e. The van der Waals surface area contributed by atoms with Crippen molar-refractivity contribution in [3.05, 3.63) is 88.6 Å². The molecule has 70 heavy (non-hydrogen) atoms. The first-order valence-electron chi connectivity index (χ1n) is 21.6. The van der Waals surface area contributed by atoms with Crippen molar-refractivity contribution in [2.24, 2.45) is 0 Å². The minimum absolute atomic E-state index is 0.105. The molecule has 0 bridgehead atoms. The molecule has 1 aromatic heterocycles. The molecule has 2 saturated heterocycles. The monoisotopic (exact) mass is 978 g/mol. The second kappa shape index (κ2) is 23.2. The van der Waals surface area contributed by atoms with Crippen LogP contribution in [0.3, 0.4) is 0 Å². The fraction of sp³-hybridized carbons (Fsp3) is 0.417. The number of carbonyl (C=O) groups excluding carboxylic acids is 7. The van der Waals surface area contributed by atoms with E-state index in [-0.39, 0.29) is 22.5 Å². The fourth-order valence-corrected chi connectivity index (χ4v) is 7.61. The lowest BCUT2D eigenvalue weighted by molar-refractivity contribution is -0.354. The summed E-state index contributed by atoms with van der Waals surface area (Å²) in [6.45, 7) is 6.22. The maximum atomic E-state index is 13.4. The SMILES string of the molecule is CC(=O)OC[C@H]1O[C@@H](O[C@H]2[C@H](OC(C)=O)[C@@H](OC(C)=O)[C@H](Oc3cc(O)c4c(=O)cc(-c5ccc(OCc6ccccc6)cc5)oc4c3)O[C@@H]2COC(C)=O)[C@H](OC(C)=O)[C@@H](OC(C)=O)[C@@H]1OC(C)=O. The molecule has 374 valence electrons. The summed E-state index contributed by atoms with van der Waals surface area (Å²) in [5.41, 5.74) is 0.665. The van der Waals surface area contributed by atoms with Crippen molar-refractivity contribution in [3.63, 3.8) is 0 Å². The van der Waals surface area contributed by atoms with Crippen LogP contribution in [0, 0.1) is 0 Å². The second-order valence-electron chi connectivity index (χ2n) is 15.9. The van der Waals surface area contributed by atoms with E-state index in [4.69, 9.17) is 61.3 Å². The van der Waals surface area contributed by atoms with Crippen LogP contribution in [0.4, 0.5) is 0 Å². The van der Waals surface area contributed by atoms with Gasteiger partial charge in [-0.25, -0.2) is 0 Å². The van der Waals surface area contributed by atoms with Crippen LogP contribution in [0.5, 0.6) is 17.2 Å². The third-order valence-corrected chi connectivity index (χ3v) is 10.3. The molecule has 22 heteroatoms. The molecule has 0 unspecified atom stereocenters. The average Bonchev–Trinajstić information content (AvgIpc) is 3.27. The molecule has 0 amide bonds. The van der Waals surface area contributed by atoms with Gasteiger partial charge in [0.2, 0.25) is 12.4 Å². The maximum absolute atomic E-state index is 13.4. The molecule has 2 aliphatic heterocycles. The molecule has 4 aromatic rings. The Morgan fingerprint density at radius 2 is 1.04 bits per heavy atom. The van der Waals surface area contributed by atoms with Crippen molar-refractivity contribution in [2.45, 2.75) is 116 Å². The van der Waals surface area contributed by atoms with Gasteiger partial charge in [0.05, 0.1) is 0 Å². The average molecular weight is 979 g/mol. The number of fused-ring (bicyclic) bond motifs is 1. The number of benzene rings is 3. The molecule has 2 aliphatic rings. The summed E-state index contributed by atoms with van der Waals surface area (Å²) >= 11 is 0. The molecular formula is C48H50O22. The van der Waals surface area contributed by atoms with Gasteiger partial charge in [-0.05, 0) is 29.8 Å². The summed E-state index contributed by atoms with van der Waals surface area (Å²) in [6, 6.07) is 19.7. The maximum Gasteiger partial charge on any atom is 0.303 e. The van der Waals surface area contributed by atoms with E-state index in [2.05, 4.69) is 0 Å². The summed E-state index contributed by atoms with van der Waals surface area (Å²) < 4.78 is 75.3. The number of rotatable bonds is 17. The topological polar surface area (TPSA) is 281 Å². The highest BCUT2D eigenvalue weighted by molar-refractivity contribution is 5.86. The van der Waals surface area contributed by atoms with Gasteiger partial charge in [-0.15, -0.1) is 0 Å². The Morgan fingerprint density at radius 1 is 0.543 bits per heavy atom. The molecular weight excluding hydrogens is 929 g/mol. The fourth-order valence-electron chi connectivity index (χ4n) is 7.61. The molecule has 0 spiro atoms. The quantitative estimate of drug-likeness (QED) is 0.116. The summed E-state index contributed by atoms with van der Waals surface area (Å²) in [5.74, 6) is -6.53. The Bertz CT molecular complexity index is 2610. The van der Waals surface area contributed by atoms with Gasteiger partial charge in [0.15, 0.2) is 36.1 Å². The molecule has 0 aliphatic carbocycles. The van der Waals surface area contributed by atoms with Crippen molar-refractivity contribution in [3.8, 4) is 28.6 Å². The van der Waals surface area contributed by atoms with Crippen LogP contribution in [-0.4, -0.2) is 122 Å². The van der Waals surface area contributed by atoms with Crippen LogP contribution >= 0.6 is 0 Å². The lowest BCUT2D eigenvalue weighted by Crippen LogP contribution is -2.67. The minimum Gasteiger partial charge on any atom is -0.507 e. The van der Waals surface area contributed by atoms with E-state index in [1.54, 1.807) is 24.3 Å². The largest absolute Gasteiger partial charge is 0.507 e. The number of aromatic hydroxyl groups is 1. The number of hydrogen-bond acceptors (Lipinski definition) is 22. The first-order valence-corrected chi connectivity index (χ1v) is 21.6. The van der Waals surface area contributed by atoms with E-state index >= 15 is 0 Å². The molecule has 2 fully saturated rings. The lowest BCUT2D eigenvalue weighted by atomic mass is 9.96. The van der Waals surface area contributed by atoms with Crippen LogP contribution in [-0.2, 0) is 87.5 Å². The highest BCUT2D eigenvalue weighted by Gasteiger charge is 2.58. The third-order valence-electron chi connectivity index (χ3n) is 10.3. The van der Waals surface area contributed by atoms with Crippen LogP contribution < -0.4 is 14.9 Å². The van der Waals surface area contributed by atoms with Crippen molar-refractivity contribution < 1.29 is 99.9 Å². The first-order chi connectivity index (χ1) is 33.3. The van der Waals surface area contributed by atoms with E-state index < -0.39 is 128 Å². The molecule has 22 nitrogen and oxygen atoms in total. The lowest BCUT2D eigenvalue weighted by Gasteiger charge is -2.48. The zero-order valence-corrected chi connectivity index (χ0v) is 38.8. The molecule has 0 saturated carbocycles. The van der Waals surface area contributed by atoms with E-state index in [0.717, 1.165) is 60.1 Å². The normalized spacial score (nSPS) is 24.0. The Balaban J connectivity index is 1.37. The molecule has 1 N–H and O–H groups in total. The van der Waals surface area contributed by atoms with Gasteiger partial charge < -0.3 is 66.4 Å². The molecule has 10 atom stereocenters. The van der Waals surface area contributed by atoms with Gasteiger partial charge in [0, 0.05) is 72.2 Å². The standard InChI is InChI=1S/C48H50O22/c1-23(49)58-21-38-41(61-25(3)51)43(62-26(4)52)46(65-29(7)55)48(69-38)70-42-39(22-59-24(2)50)68-47(45(64-28(6)54)44(42)63-27(5)53)66-33-17-34(56)40-35(57)19-36(67-37(40)18-33)31-13-15-32(16-14-31)60-20-30-11-9-8-10-12-30/h8-19,38-39,41-48,56H,20-22H2,1-7H3/t38-,39-,41-,42-,43+,44+,45-,46-,47-,48+/m1/s1. The van der Waals surface area contributed by atoms with Crippen molar-refractivity contribution >= 4 is 52.8 Å². The Labute approximate surface area is 398 Å². The molecule has 0 radical (unpaired) electrons. The van der Waals surface area contributed by atoms with E-state index in [1.807, 2.05) is 30.3 Å². The zero-order valence-electron chi connectivity index (χ0n) is 38.8. The van der Waals surface area contributed by atoms with Crippen molar-refractivity contribution in [2.75, 3.05) is 13.2 Å². The van der Waals surface area contributed by atoms with Gasteiger partial charge in [-0.3, -0.25) is 38.4 Å². The molecule has 3 aromatic carbocycles. The molecule has 3 heterocycles. The summed E-state index contributed by atoms with van der Waals surface area (Å²) in [6.07, 6.45) is -17.2. The van der Waals surface area contributed by atoms with Crippen molar-refractivity contribution in [1.29, 1.82) is 0 Å².